The average molecular weight is 195 g/mol. The second-order valence-corrected chi connectivity index (χ2v) is 3.43. The summed E-state index contributed by atoms with van der Waals surface area (Å²) in [7, 11) is 1.45. The molecule has 1 aliphatic heterocycles. The normalized spacial score (nSPS) is 22.3. The molecule has 0 aliphatic carbocycles. The van der Waals surface area contributed by atoms with Crippen molar-refractivity contribution in [3.8, 4) is 11.8 Å². The van der Waals surface area contributed by atoms with E-state index in [0.29, 0.717) is 6.54 Å². The molecule has 0 aromatic carbocycles. The van der Waals surface area contributed by atoms with E-state index >= 15 is 0 Å². The maximum absolute atomic E-state index is 11.4. The van der Waals surface area contributed by atoms with Crippen molar-refractivity contribution in [1.29, 1.82) is 0 Å². The van der Waals surface area contributed by atoms with E-state index in [4.69, 9.17) is 4.74 Å². The number of hydrogen-bond acceptors (Lipinski definition) is 3. The zero-order valence-corrected chi connectivity index (χ0v) is 8.88. The molecule has 1 rings (SSSR count). The molecule has 3 nitrogen and oxygen atoms in total. The van der Waals surface area contributed by atoms with Crippen LogP contribution in [0.25, 0.3) is 0 Å². The molecule has 0 bridgehead atoms. The van der Waals surface area contributed by atoms with Crippen molar-refractivity contribution < 1.29 is 9.53 Å². The summed E-state index contributed by atoms with van der Waals surface area (Å²) in [6.07, 6.45) is 3.16. The largest absolute Gasteiger partial charge is 0.468 e. The summed E-state index contributed by atoms with van der Waals surface area (Å²) in [5.74, 6) is 5.72. The number of esters is 1. The molecule has 3 heteroatoms. The third-order valence-corrected chi connectivity index (χ3v) is 2.55. The summed E-state index contributed by atoms with van der Waals surface area (Å²) in [4.78, 5) is 13.5. The molecule has 78 valence electrons. The van der Waals surface area contributed by atoms with Crippen molar-refractivity contribution in [1.82, 2.24) is 4.90 Å². The van der Waals surface area contributed by atoms with E-state index in [1.54, 1.807) is 0 Å². The lowest BCUT2D eigenvalue weighted by atomic mass is 10.0. The van der Waals surface area contributed by atoms with Gasteiger partial charge in [0.25, 0.3) is 0 Å². The zero-order chi connectivity index (χ0) is 10.4. The summed E-state index contributed by atoms with van der Waals surface area (Å²) in [5.41, 5.74) is 0. The van der Waals surface area contributed by atoms with Crippen molar-refractivity contribution in [3.05, 3.63) is 0 Å². The van der Waals surface area contributed by atoms with Gasteiger partial charge in [-0.2, -0.15) is 0 Å². The Balaban J connectivity index is 2.57. The van der Waals surface area contributed by atoms with Gasteiger partial charge in [0.2, 0.25) is 0 Å². The van der Waals surface area contributed by atoms with E-state index in [9.17, 15) is 4.79 Å². The average Bonchev–Trinajstić information content (AvgIpc) is 2.25. The van der Waals surface area contributed by atoms with E-state index in [2.05, 4.69) is 16.7 Å². The van der Waals surface area contributed by atoms with Crippen LogP contribution in [0.5, 0.6) is 0 Å². The second kappa shape index (κ2) is 5.66. The van der Waals surface area contributed by atoms with E-state index < -0.39 is 0 Å². The van der Waals surface area contributed by atoms with Crippen LogP contribution in [-0.4, -0.2) is 37.1 Å². The first-order chi connectivity index (χ1) is 6.79. The smallest absolute Gasteiger partial charge is 0.323 e. The lowest BCUT2D eigenvalue weighted by Crippen LogP contribution is -2.45. The molecule has 0 aromatic rings. The Morgan fingerprint density at radius 2 is 2.36 bits per heavy atom. The molecule has 0 aromatic heterocycles. The number of hydrogen-bond donors (Lipinski definition) is 0. The van der Waals surface area contributed by atoms with Crippen LogP contribution < -0.4 is 0 Å². The quantitative estimate of drug-likeness (QED) is 0.487. The fraction of sp³-hybridized carbons (Fsp3) is 0.727. The SMILES string of the molecule is CC#CCN1CCCCC1C(=O)OC. The predicted molar refractivity (Wildman–Crippen MR) is 54.7 cm³/mol. The lowest BCUT2D eigenvalue weighted by Gasteiger charge is -2.31. The van der Waals surface area contributed by atoms with Gasteiger partial charge in [0.05, 0.1) is 13.7 Å². The molecule has 0 radical (unpaired) electrons. The highest BCUT2D eigenvalue weighted by atomic mass is 16.5. The Morgan fingerprint density at radius 3 is 3.00 bits per heavy atom. The number of nitrogens with zero attached hydrogens (tertiary/aromatic N) is 1. The molecule has 1 heterocycles. The van der Waals surface area contributed by atoms with Crippen molar-refractivity contribution in [2.75, 3.05) is 20.2 Å². The molecule has 0 N–H and O–H groups in total. The third kappa shape index (κ3) is 2.74. The molecule has 0 saturated carbocycles. The Labute approximate surface area is 85.4 Å². The zero-order valence-electron chi connectivity index (χ0n) is 8.88. The Hall–Kier alpha value is -1.01. The van der Waals surface area contributed by atoms with Gasteiger partial charge < -0.3 is 4.74 Å². The minimum absolute atomic E-state index is 0.0744. The summed E-state index contributed by atoms with van der Waals surface area (Å²) >= 11 is 0. The fourth-order valence-corrected chi connectivity index (χ4v) is 1.76. The number of methoxy groups -OCH3 is 1. The number of rotatable bonds is 2. The van der Waals surface area contributed by atoms with Gasteiger partial charge in [-0.15, -0.1) is 5.92 Å². The number of carbonyl (C=O) groups is 1. The summed E-state index contributed by atoms with van der Waals surface area (Å²) in [6, 6.07) is -0.0744. The van der Waals surface area contributed by atoms with E-state index in [1.165, 1.54) is 7.11 Å². The first-order valence-corrected chi connectivity index (χ1v) is 5.01. The van der Waals surface area contributed by atoms with Gasteiger partial charge in [-0.25, -0.2) is 0 Å². The van der Waals surface area contributed by atoms with Gasteiger partial charge in [0.1, 0.15) is 6.04 Å². The molecular formula is C11H17NO2. The van der Waals surface area contributed by atoms with Gasteiger partial charge in [-0.3, -0.25) is 9.69 Å². The molecule has 0 spiro atoms. The van der Waals surface area contributed by atoms with Crippen LogP contribution in [0.15, 0.2) is 0 Å². The van der Waals surface area contributed by atoms with Gasteiger partial charge in [-0.1, -0.05) is 12.3 Å². The van der Waals surface area contributed by atoms with Crippen LogP contribution in [0.1, 0.15) is 26.2 Å². The highest BCUT2D eigenvalue weighted by molar-refractivity contribution is 5.75. The van der Waals surface area contributed by atoms with Crippen molar-refractivity contribution in [2.45, 2.75) is 32.2 Å². The minimum Gasteiger partial charge on any atom is -0.468 e. The summed E-state index contributed by atoms with van der Waals surface area (Å²) in [6.45, 7) is 3.45. The van der Waals surface area contributed by atoms with Crippen molar-refractivity contribution in [2.24, 2.45) is 0 Å². The van der Waals surface area contributed by atoms with Crippen LogP contribution in [0.3, 0.4) is 0 Å². The maximum atomic E-state index is 11.4. The molecule has 1 aliphatic rings. The summed E-state index contributed by atoms with van der Waals surface area (Å²) in [5, 5.41) is 0. The first-order valence-electron chi connectivity index (χ1n) is 5.01. The standard InChI is InChI=1S/C11H17NO2/c1-3-4-8-12-9-6-5-7-10(12)11(13)14-2/h10H,5-9H2,1-2H3. The van der Waals surface area contributed by atoms with Crippen LogP contribution in [-0.2, 0) is 9.53 Å². The van der Waals surface area contributed by atoms with Crippen molar-refractivity contribution >= 4 is 5.97 Å². The van der Waals surface area contributed by atoms with E-state index in [-0.39, 0.29) is 12.0 Å². The third-order valence-electron chi connectivity index (χ3n) is 2.55. The van der Waals surface area contributed by atoms with Gasteiger partial charge >= 0.3 is 5.97 Å². The van der Waals surface area contributed by atoms with Crippen LogP contribution in [0.2, 0.25) is 0 Å². The number of ether oxygens (including phenoxy) is 1. The predicted octanol–water partition coefficient (Wildman–Crippen LogP) is 1.04. The molecule has 1 unspecified atom stereocenters. The molecule has 1 saturated heterocycles. The van der Waals surface area contributed by atoms with Gasteiger partial charge in [0.15, 0.2) is 0 Å². The molecule has 14 heavy (non-hydrogen) atoms. The van der Waals surface area contributed by atoms with Crippen LogP contribution >= 0.6 is 0 Å². The number of carbonyl (C=O) groups excluding carboxylic acids is 1. The Morgan fingerprint density at radius 1 is 1.57 bits per heavy atom. The topological polar surface area (TPSA) is 29.5 Å². The molecule has 1 atom stereocenters. The highest BCUT2D eigenvalue weighted by Gasteiger charge is 2.28. The van der Waals surface area contributed by atoms with E-state index in [0.717, 1.165) is 25.8 Å². The Bertz CT molecular complexity index is 252. The summed E-state index contributed by atoms with van der Waals surface area (Å²) < 4.78 is 4.77. The molecule has 1 fully saturated rings. The van der Waals surface area contributed by atoms with Crippen molar-refractivity contribution in [3.63, 3.8) is 0 Å². The Kier molecular flexibility index (Phi) is 4.48. The monoisotopic (exact) mass is 195 g/mol. The number of piperidine rings is 1. The lowest BCUT2D eigenvalue weighted by molar-refractivity contribution is -0.147. The second-order valence-electron chi connectivity index (χ2n) is 3.43. The fourth-order valence-electron chi connectivity index (χ4n) is 1.76. The van der Waals surface area contributed by atoms with Gasteiger partial charge in [0, 0.05) is 0 Å². The van der Waals surface area contributed by atoms with Crippen LogP contribution in [0.4, 0.5) is 0 Å². The number of likely N-dealkylation sites (tertiary alicyclic amines) is 1. The highest BCUT2D eigenvalue weighted by Crippen LogP contribution is 2.17. The first kappa shape index (κ1) is 11.1. The van der Waals surface area contributed by atoms with Crippen LogP contribution in [0, 0.1) is 11.8 Å². The molecule has 0 amide bonds. The van der Waals surface area contributed by atoms with E-state index in [1.807, 2.05) is 6.92 Å². The minimum atomic E-state index is -0.123. The maximum Gasteiger partial charge on any atom is 0.323 e. The van der Waals surface area contributed by atoms with Gasteiger partial charge in [-0.05, 0) is 26.3 Å². The molecular weight excluding hydrogens is 178 g/mol.